The van der Waals surface area contributed by atoms with E-state index in [1.165, 1.54) is 13.0 Å². The van der Waals surface area contributed by atoms with Crippen molar-refractivity contribution in [1.82, 2.24) is 5.43 Å². The van der Waals surface area contributed by atoms with Crippen LogP contribution in [0.4, 0.5) is 5.69 Å². The predicted molar refractivity (Wildman–Crippen MR) is 92.8 cm³/mol. The number of rotatable bonds is 3. The van der Waals surface area contributed by atoms with Gasteiger partial charge < -0.3 is 4.74 Å². The van der Waals surface area contributed by atoms with Gasteiger partial charge in [-0.3, -0.25) is 19.8 Å². The molecule has 2 aromatic carbocycles. The molecule has 0 radical (unpaired) electrons. The van der Waals surface area contributed by atoms with E-state index < -0.39 is 17.8 Å². The van der Waals surface area contributed by atoms with Gasteiger partial charge in [-0.1, -0.05) is 29.8 Å². The summed E-state index contributed by atoms with van der Waals surface area (Å²) in [4.78, 5) is 35.7. The Labute approximate surface area is 148 Å². The topological polar surface area (TPSA) is 75.7 Å². The monoisotopic (exact) mass is 356 g/mol. The highest BCUT2D eigenvalue weighted by molar-refractivity contribution is 6.33. The second kappa shape index (κ2) is 6.78. The van der Waals surface area contributed by atoms with Crippen molar-refractivity contribution in [2.75, 3.05) is 5.01 Å². The molecule has 0 bridgehead atoms. The van der Waals surface area contributed by atoms with Crippen molar-refractivity contribution in [1.29, 1.82) is 0 Å². The highest BCUT2D eigenvalue weighted by atomic mass is 35.5. The van der Waals surface area contributed by atoms with Crippen LogP contribution in [0.15, 0.2) is 54.1 Å². The Kier molecular flexibility index (Phi) is 4.54. The molecule has 0 saturated carbocycles. The predicted octanol–water partition coefficient (Wildman–Crippen LogP) is 2.73. The van der Waals surface area contributed by atoms with Crippen LogP contribution in [-0.4, -0.2) is 17.8 Å². The molecule has 1 saturated heterocycles. The van der Waals surface area contributed by atoms with Gasteiger partial charge in [-0.05, 0) is 42.0 Å². The van der Waals surface area contributed by atoms with E-state index in [2.05, 4.69) is 5.43 Å². The number of carbonyl (C=O) groups excluding carboxylic acids is 3. The normalized spacial score (nSPS) is 15.4. The highest BCUT2D eigenvalue weighted by Crippen LogP contribution is 2.24. The molecule has 126 valence electrons. The minimum atomic E-state index is -0.525. The molecule has 7 heteroatoms. The molecule has 0 spiro atoms. The molecule has 3 rings (SSSR count). The van der Waals surface area contributed by atoms with Crippen LogP contribution in [0.5, 0.6) is 5.75 Å². The smallest absolute Gasteiger partial charge is 0.308 e. The van der Waals surface area contributed by atoms with Gasteiger partial charge >= 0.3 is 5.97 Å². The van der Waals surface area contributed by atoms with Crippen LogP contribution in [0.25, 0.3) is 6.08 Å². The summed E-state index contributed by atoms with van der Waals surface area (Å²) in [6.45, 7) is 1.29. The van der Waals surface area contributed by atoms with Crippen LogP contribution < -0.4 is 15.2 Å². The summed E-state index contributed by atoms with van der Waals surface area (Å²) in [5.74, 6) is -1.14. The van der Waals surface area contributed by atoms with Crippen LogP contribution in [0.1, 0.15) is 12.5 Å². The van der Waals surface area contributed by atoms with Crippen LogP contribution in [0.3, 0.4) is 0 Å². The van der Waals surface area contributed by atoms with Gasteiger partial charge in [0, 0.05) is 11.9 Å². The van der Waals surface area contributed by atoms with Crippen molar-refractivity contribution in [3.63, 3.8) is 0 Å². The SMILES string of the molecule is CC(=O)Oc1cccc(C=C2C(=O)NN(c3cccc(Cl)c3)C2=O)c1. The molecule has 2 amide bonds. The Morgan fingerprint density at radius 1 is 1.16 bits per heavy atom. The first-order chi connectivity index (χ1) is 11.9. The molecule has 25 heavy (non-hydrogen) atoms. The number of ether oxygens (including phenoxy) is 1. The average Bonchev–Trinajstić information content (AvgIpc) is 2.83. The zero-order chi connectivity index (χ0) is 18.0. The number of nitrogens with zero attached hydrogens (tertiary/aromatic N) is 1. The Morgan fingerprint density at radius 2 is 1.92 bits per heavy atom. The van der Waals surface area contributed by atoms with Crippen molar-refractivity contribution in [2.24, 2.45) is 0 Å². The van der Waals surface area contributed by atoms with Gasteiger partial charge in [-0.25, -0.2) is 5.01 Å². The van der Waals surface area contributed by atoms with E-state index in [0.717, 1.165) is 5.01 Å². The summed E-state index contributed by atoms with van der Waals surface area (Å²) in [5.41, 5.74) is 3.49. The van der Waals surface area contributed by atoms with Crippen LogP contribution in [0, 0.1) is 0 Å². The van der Waals surface area contributed by atoms with Gasteiger partial charge in [0.15, 0.2) is 0 Å². The molecular weight excluding hydrogens is 344 g/mol. The Balaban J connectivity index is 1.90. The molecule has 1 N–H and O–H groups in total. The minimum absolute atomic E-state index is 0.0278. The van der Waals surface area contributed by atoms with Gasteiger partial charge in [0.25, 0.3) is 11.8 Å². The molecule has 0 aliphatic carbocycles. The first-order valence-electron chi connectivity index (χ1n) is 7.35. The van der Waals surface area contributed by atoms with Gasteiger partial charge in [0.1, 0.15) is 11.3 Å². The Bertz CT molecular complexity index is 907. The van der Waals surface area contributed by atoms with Gasteiger partial charge in [0.2, 0.25) is 0 Å². The molecule has 1 heterocycles. The lowest BCUT2D eigenvalue weighted by molar-refractivity contribution is -0.132. The fraction of sp³-hybridized carbons (Fsp3) is 0.0556. The van der Waals surface area contributed by atoms with Crippen LogP contribution in [-0.2, 0) is 14.4 Å². The number of hydrazine groups is 1. The molecular formula is C18H13ClN2O4. The van der Waals surface area contributed by atoms with E-state index in [4.69, 9.17) is 16.3 Å². The maximum absolute atomic E-state index is 12.5. The van der Waals surface area contributed by atoms with Crippen molar-refractivity contribution in [2.45, 2.75) is 6.92 Å². The third kappa shape index (κ3) is 3.70. The number of anilines is 1. The number of halogens is 1. The fourth-order valence-electron chi connectivity index (χ4n) is 2.35. The lowest BCUT2D eigenvalue weighted by Gasteiger charge is -2.14. The van der Waals surface area contributed by atoms with E-state index in [1.807, 2.05) is 0 Å². The lowest BCUT2D eigenvalue weighted by Crippen LogP contribution is -2.35. The van der Waals surface area contributed by atoms with Gasteiger partial charge in [-0.2, -0.15) is 0 Å². The van der Waals surface area contributed by atoms with Crippen molar-refractivity contribution >= 4 is 41.1 Å². The highest BCUT2D eigenvalue weighted by Gasteiger charge is 2.34. The minimum Gasteiger partial charge on any atom is -0.427 e. The van der Waals surface area contributed by atoms with Crippen LogP contribution >= 0.6 is 11.6 Å². The number of nitrogens with one attached hydrogen (secondary N) is 1. The largest absolute Gasteiger partial charge is 0.427 e. The number of hydrogen-bond donors (Lipinski definition) is 1. The standard InChI is InChI=1S/C18H13ClN2O4/c1-11(22)25-15-7-2-4-12(8-15)9-16-17(23)20-21(18(16)24)14-6-3-5-13(19)10-14/h2-10H,1H3,(H,20,23). The second-order valence-corrected chi connectivity index (χ2v) is 5.72. The zero-order valence-electron chi connectivity index (χ0n) is 13.2. The maximum Gasteiger partial charge on any atom is 0.308 e. The van der Waals surface area contributed by atoms with Crippen LogP contribution in [0.2, 0.25) is 5.02 Å². The van der Waals surface area contributed by atoms with Gasteiger partial charge in [-0.15, -0.1) is 0 Å². The molecule has 1 aliphatic rings. The maximum atomic E-state index is 12.5. The summed E-state index contributed by atoms with van der Waals surface area (Å²) in [6, 6.07) is 13.1. The van der Waals surface area contributed by atoms with Crippen molar-refractivity contribution in [3.8, 4) is 5.75 Å². The third-order valence-electron chi connectivity index (χ3n) is 3.39. The van der Waals surface area contributed by atoms with E-state index in [-0.39, 0.29) is 5.57 Å². The summed E-state index contributed by atoms with van der Waals surface area (Å²) >= 11 is 5.93. The molecule has 1 fully saturated rings. The number of amides is 2. The van der Waals surface area contributed by atoms with Crippen molar-refractivity contribution in [3.05, 3.63) is 64.7 Å². The van der Waals surface area contributed by atoms with E-state index >= 15 is 0 Å². The summed E-state index contributed by atoms with van der Waals surface area (Å²) < 4.78 is 5.00. The van der Waals surface area contributed by atoms with Gasteiger partial charge in [0.05, 0.1) is 5.69 Å². The van der Waals surface area contributed by atoms with Crippen molar-refractivity contribution < 1.29 is 19.1 Å². The van der Waals surface area contributed by atoms with E-state index in [0.29, 0.717) is 22.0 Å². The first kappa shape index (κ1) is 16.7. The zero-order valence-corrected chi connectivity index (χ0v) is 13.9. The summed E-state index contributed by atoms with van der Waals surface area (Å²) in [6.07, 6.45) is 1.44. The summed E-state index contributed by atoms with van der Waals surface area (Å²) in [7, 11) is 0. The third-order valence-corrected chi connectivity index (χ3v) is 3.62. The number of hydrogen-bond acceptors (Lipinski definition) is 4. The van der Waals surface area contributed by atoms with E-state index in [9.17, 15) is 14.4 Å². The summed E-state index contributed by atoms with van der Waals surface area (Å²) in [5, 5.41) is 1.58. The molecule has 6 nitrogen and oxygen atoms in total. The number of esters is 1. The fourth-order valence-corrected chi connectivity index (χ4v) is 2.54. The molecule has 0 atom stereocenters. The average molecular weight is 357 g/mol. The van der Waals surface area contributed by atoms with E-state index in [1.54, 1.807) is 48.5 Å². The second-order valence-electron chi connectivity index (χ2n) is 5.29. The molecule has 1 aliphatic heterocycles. The molecule has 0 unspecified atom stereocenters. The molecule has 2 aromatic rings. The molecule has 0 aromatic heterocycles. The quantitative estimate of drug-likeness (QED) is 0.397. The first-order valence-corrected chi connectivity index (χ1v) is 7.73. The number of benzene rings is 2. The Hall–Kier alpha value is -3.12. The lowest BCUT2D eigenvalue weighted by atomic mass is 10.1. The Morgan fingerprint density at radius 3 is 2.64 bits per heavy atom. The number of carbonyl (C=O) groups is 3.